The highest BCUT2D eigenvalue weighted by atomic mass is 16.2. The van der Waals surface area contributed by atoms with Gasteiger partial charge in [0.2, 0.25) is 5.91 Å². The molecule has 1 aliphatic rings. The van der Waals surface area contributed by atoms with Crippen molar-refractivity contribution in [3.8, 4) is 0 Å². The third-order valence-electron chi connectivity index (χ3n) is 4.58. The number of nitrogens with zero attached hydrogens (tertiary/aromatic N) is 4. The number of benzene rings is 1. The minimum atomic E-state index is 0.241. The molecule has 1 saturated heterocycles. The zero-order valence-electron chi connectivity index (χ0n) is 13.5. The van der Waals surface area contributed by atoms with Gasteiger partial charge in [0.05, 0.1) is 6.54 Å². The lowest BCUT2D eigenvalue weighted by molar-refractivity contribution is -0.133. The fourth-order valence-corrected chi connectivity index (χ4v) is 3.26. The number of rotatable bonds is 6. The van der Waals surface area contributed by atoms with Crippen molar-refractivity contribution in [2.75, 3.05) is 13.1 Å². The maximum Gasteiger partial charge on any atom is 0.224 e. The Morgan fingerprint density at radius 3 is 2.91 bits per heavy atom. The second kappa shape index (κ2) is 7.90. The van der Waals surface area contributed by atoms with E-state index in [9.17, 15) is 4.79 Å². The molecular formula is C18H24N4O. The van der Waals surface area contributed by atoms with Gasteiger partial charge in [0.1, 0.15) is 12.7 Å². The van der Waals surface area contributed by atoms with Gasteiger partial charge in [-0.1, -0.05) is 30.3 Å². The van der Waals surface area contributed by atoms with Gasteiger partial charge in [-0.3, -0.25) is 9.48 Å². The first kappa shape index (κ1) is 15.7. The molecule has 1 fully saturated rings. The highest BCUT2D eigenvalue weighted by Gasteiger charge is 2.23. The molecule has 0 bridgehead atoms. The molecule has 0 saturated carbocycles. The second-order valence-electron chi connectivity index (χ2n) is 6.28. The van der Waals surface area contributed by atoms with E-state index in [0.29, 0.717) is 18.9 Å². The van der Waals surface area contributed by atoms with E-state index in [1.54, 1.807) is 11.0 Å². The van der Waals surface area contributed by atoms with Crippen molar-refractivity contribution in [3.05, 3.63) is 48.5 Å². The third kappa shape index (κ3) is 4.65. The van der Waals surface area contributed by atoms with Crippen LogP contribution in [0, 0.1) is 5.92 Å². The van der Waals surface area contributed by atoms with E-state index >= 15 is 0 Å². The number of amides is 1. The van der Waals surface area contributed by atoms with E-state index < -0.39 is 0 Å². The highest BCUT2D eigenvalue weighted by Crippen LogP contribution is 2.22. The summed E-state index contributed by atoms with van der Waals surface area (Å²) in [6.45, 7) is 2.42. The van der Waals surface area contributed by atoms with Crippen LogP contribution in [0.3, 0.4) is 0 Å². The second-order valence-corrected chi connectivity index (χ2v) is 6.28. The molecular weight excluding hydrogens is 288 g/mol. The van der Waals surface area contributed by atoms with Crippen LogP contribution >= 0.6 is 0 Å². The fraction of sp³-hybridized carbons (Fsp3) is 0.500. The Hall–Kier alpha value is -2.17. The van der Waals surface area contributed by atoms with Crippen molar-refractivity contribution >= 4 is 5.91 Å². The van der Waals surface area contributed by atoms with Gasteiger partial charge in [-0.05, 0) is 37.2 Å². The molecule has 0 radical (unpaired) electrons. The van der Waals surface area contributed by atoms with Crippen LogP contribution in [-0.4, -0.2) is 38.7 Å². The fourth-order valence-electron chi connectivity index (χ4n) is 3.26. The first-order valence-corrected chi connectivity index (χ1v) is 8.45. The summed E-state index contributed by atoms with van der Waals surface area (Å²) in [4.78, 5) is 18.3. The highest BCUT2D eigenvalue weighted by molar-refractivity contribution is 5.76. The summed E-state index contributed by atoms with van der Waals surface area (Å²) in [6.07, 6.45) is 8.30. The summed E-state index contributed by atoms with van der Waals surface area (Å²) in [7, 11) is 0. The summed E-state index contributed by atoms with van der Waals surface area (Å²) in [6, 6.07) is 10.6. The van der Waals surface area contributed by atoms with Gasteiger partial charge in [-0.15, -0.1) is 0 Å². The number of carbonyl (C=O) groups excluding carboxylic acids is 1. The molecule has 0 unspecified atom stereocenters. The monoisotopic (exact) mass is 312 g/mol. The number of aromatic nitrogens is 3. The maximum absolute atomic E-state index is 12.4. The molecule has 1 amide bonds. The van der Waals surface area contributed by atoms with Gasteiger partial charge in [0.25, 0.3) is 0 Å². The SMILES string of the molecule is O=C(CCn1cncn1)N1CCC[C@@H](CCc2ccccc2)C1. The number of hydrogen-bond acceptors (Lipinski definition) is 3. The Balaban J connectivity index is 1.44. The number of likely N-dealkylation sites (tertiary alicyclic amines) is 1. The molecule has 1 aliphatic heterocycles. The molecule has 5 nitrogen and oxygen atoms in total. The molecule has 3 rings (SSSR count). The molecule has 23 heavy (non-hydrogen) atoms. The van der Waals surface area contributed by atoms with Crippen LogP contribution in [0.2, 0.25) is 0 Å². The van der Waals surface area contributed by atoms with Crippen LogP contribution in [0.15, 0.2) is 43.0 Å². The Bertz CT molecular complexity index is 597. The first-order chi connectivity index (χ1) is 11.3. The normalized spacial score (nSPS) is 18.1. The van der Waals surface area contributed by atoms with Gasteiger partial charge in [0.15, 0.2) is 0 Å². The Labute approximate surface area is 137 Å². The molecule has 1 atom stereocenters. The van der Waals surface area contributed by atoms with Crippen molar-refractivity contribution in [1.82, 2.24) is 19.7 Å². The van der Waals surface area contributed by atoms with Crippen LogP contribution < -0.4 is 0 Å². The molecule has 1 aromatic heterocycles. The maximum atomic E-state index is 12.4. The lowest BCUT2D eigenvalue weighted by Crippen LogP contribution is -2.40. The van der Waals surface area contributed by atoms with E-state index in [4.69, 9.17) is 0 Å². The minimum Gasteiger partial charge on any atom is -0.342 e. The van der Waals surface area contributed by atoms with Crippen LogP contribution in [0.1, 0.15) is 31.2 Å². The van der Waals surface area contributed by atoms with Gasteiger partial charge >= 0.3 is 0 Å². The van der Waals surface area contributed by atoms with E-state index in [0.717, 1.165) is 32.4 Å². The van der Waals surface area contributed by atoms with E-state index in [2.05, 4.69) is 40.4 Å². The van der Waals surface area contributed by atoms with Crippen LogP contribution in [0.5, 0.6) is 0 Å². The number of piperidine rings is 1. The van der Waals surface area contributed by atoms with Crippen LogP contribution in [-0.2, 0) is 17.8 Å². The van der Waals surface area contributed by atoms with Crippen molar-refractivity contribution in [1.29, 1.82) is 0 Å². The first-order valence-electron chi connectivity index (χ1n) is 8.45. The standard InChI is InChI=1S/C18H24N4O/c23-18(10-12-22-15-19-14-20-22)21-11-4-7-17(13-21)9-8-16-5-2-1-3-6-16/h1-3,5-6,14-15,17H,4,7-13H2/t17-/m0/s1. The average Bonchev–Trinajstić information content (AvgIpc) is 3.12. The molecule has 0 aliphatic carbocycles. The molecule has 0 spiro atoms. The lowest BCUT2D eigenvalue weighted by atomic mass is 9.91. The van der Waals surface area contributed by atoms with E-state index in [1.165, 1.54) is 18.3 Å². The van der Waals surface area contributed by atoms with E-state index in [1.807, 2.05) is 4.90 Å². The molecule has 0 N–H and O–H groups in total. The van der Waals surface area contributed by atoms with Crippen LogP contribution in [0.25, 0.3) is 0 Å². The largest absolute Gasteiger partial charge is 0.342 e. The summed E-state index contributed by atoms with van der Waals surface area (Å²) >= 11 is 0. The van der Waals surface area contributed by atoms with Gasteiger partial charge in [-0.25, -0.2) is 4.98 Å². The summed E-state index contributed by atoms with van der Waals surface area (Å²) in [5.41, 5.74) is 1.39. The quantitative estimate of drug-likeness (QED) is 0.823. The molecule has 1 aromatic carbocycles. The Morgan fingerprint density at radius 1 is 1.26 bits per heavy atom. The Kier molecular flexibility index (Phi) is 5.40. The van der Waals surface area contributed by atoms with Crippen molar-refractivity contribution < 1.29 is 4.79 Å². The summed E-state index contributed by atoms with van der Waals surface area (Å²) in [5, 5.41) is 4.05. The minimum absolute atomic E-state index is 0.241. The molecule has 2 aromatic rings. The summed E-state index contributed by atoms with van der Waals surface area (Å²) in [5.74, 6) is 0.865. The van der Waals surface area contributed by atoms with Crippen molar-refractivity contribution in [2.45, 2.75) is 38.6 Å². The van der Waals surface area contributed by atoms with Crippen LogP contribution in [0.4, 0.5) is 0 Å². The summed E-state index contributed by atoms with van der Waals surface area (Å²) < 4.78 is 1.72. The molecule has 122 valence electrons. The predicted molar refractivity (Wildman–Crippen MR) is 88.7 cm³/mol. The number of aryl methyl sites for hydroxylation is 2. The molecule has 5 heteroatoms. The predicted octanol–water partition coefficient (Wildman–Crippen LogP) is 2.54. The third-order valence-corrected chi connectivity index (χ3v) is 4.58. The topological polar surface area (TPSA) is 51.0 Å². The average molecular weight is 312 g/mol. The van der Waals surface area contributed by atoms with Gasteiger partial charge in [-0.2, -0.15) is 5.10 Å². The van der Waals surface area contributed by atoms with Crippen molar-refractivity contribution in [2.24, 2.45) is 5.92 Å². The lowest BCUT2D eigenvalue weighted by Gasteiger charge is -2.33. The smallest absolute Gasteiger partial charge is 0.224 e. The number of carbonyl (C=O) groups is 1. The van der Waals surface area contributed by atoms with Gasteiger partial charge in [0, 0.05) is 19.5 Å². The van der Waals surface area contributed by atoms with E-state index in [-0.39, 0.29) is 5.91 Å². The number of hydrogen-bond donors (Lipinski definition) is 0. The molecule has 2 heterocycles. The zero-order valence-corrected chi connectivity index (χ0v) is 13.5. The van der Waals surface area contributed by atoms with Crippen molar-refractivity contribution in [3.63, 3.8) is 0 Å². The van der Waals surface area contributed by atoms with Gasteiger partial charge < -0.3 is 4.90 Å². The zero-order chi connectivity index (χ0) is 15.9. The Morgan fingerprint density at radius 2 is 2.13 bits per heavy atom.